The zero-order chi connectivity index (χ0) is 26.5. The van der Waals surface area contributed by atoms with Crippen molar-refractivity contribution in [1.82, 2.24) is 14.9 Å². The predicted molar refractivity (Wildman–Crippen MR) is 142 cm³/mol. The number of sulfonamides is 1. The molecule has 0 saturated heterocycles. The molecule has 11 heteroatoms. The number of carbonyl (C=O) groups excluding carboxylic acids is 2. The molecule has 9 nitrogen and oxygen atoms in total. The second-order valence-corrected chi connectivity index (χ2v) is 12.1. The normalized spacial score (nSPS) is 13.6. The quantitative estimate of drug-likeness (QED) is 0.280. The number of fused-ring (bicyclic) bond motifs is 1. The summed E-state index contributed by atoms with van der Waals surface area (Å²) in [6, 6.07) is 14.7. The molecule has 0 aliphatic carbocycles. The number of anilines is 1. The van der Waals surface area contributed by atoms with Crippen molar-refractivity contribution in [3.05, 3.63) is 59.5 Å². The number of amides is 2. The van der Waals surface area contributed by atoms with Crippen LogP contribution in [0.3, 0.4) is 0 Å². The number of hydrogen-bond acceptors (Lipinski definition) is 7. The smallest absolute Gasteiger partial charge is 0.262 e. The molecule has 3 aromatic rings. The molecule has 194 valence electrons. The Morgan fingerprint density at radius 2 is 1.78 bits per heavy atom. The molecule has 0 aliphatic heterocycles. The lowest BCUT2D eigenvalue weighted by Crippen LogP contribution is -2.50. The third kappa shape index (κ3) is 6.82. The summed E-state index contributed by atoms with van der Waals surface area (Å²) in [6.07, 6.45) is -0.767. The number of likely N-dealkylation sites (N-methyl/N-ethyl adjacent to an activating group) is 1. The first-order valence-electron chi connectivity index (χ1n) is 11.5. The third-order valence-corrected chi connectivity index (χ3v) is 8.58. The Morgan fingerprint density at radius 1 is 1.11 bits per heavy atom. The lowest BCUT2D eigenvalue weighted by atomic mass is 10.0. The van der Waals surface area contributed by atoms with Gasteiger partial charge >= 0.3 is 0 Å². The number of aliphatic hydroxyl groups excluding tert-OH is 1. The van der Waals surface area contributed by atoms with Crippen molar-refractivity contribution >= 4 is 48.9 Å². The van der Waals surface area contributed by atoms with Crippen LogP contribution in [0.1, 0.15) is 29.9 Å². The molecule has 0 fully saturated rings. The summed E-state index contributed by atoms with van der Waals surface area (Å²) < 4.78 is 27.5. The SMILES string of the molecule is CC(C)C[C@H](NC(=O)c1cc2ccccc2s1)C(=O)NC[C@@H](O)CN(C)S(=O)(=O)c1ccccc1N. The van der Waals surface area contributed by atoms with Gasteiger partial charge in [0.15, 0.2) is 0 Å². The van der Waals surface area contributed by atoms with E-state index in [2.05, 4.69) is 10.6 Å². The van der Waals surface area contributed by atoms with Gasteiger partial charge in [0.05, 0.1) is 16.7 Å². The molecule has 0 bridgehead atoms. The Kier molecular flexibility index (Phi) is 9.07. The summed E-state index contributed by atoms with van der Waals surface area (Å²) in [7, 11) is -2.58. The number of nitrogen functional groups attached to an aromatic ring is 1. The molecule has 2 atom stereocenters. The van der Waals surface area contributed by atoms with E-state index >= 15 is 0 Å². The van der Waals surface area contributed by atoms with E-state index in [1.54, 1.807) is 18.2 Å². The minimum atomic E-state index is -3.91. The van der Waals surface area contributed by atoms with E-state index in [9.17, 15) is 23.1 Å². The summed E-state index contributed by atoms with van der Waals surface area (Å²) in [5, 5.41) is 16.8. The first-order chi connectivity index (χ1) is 17.0. The first-order valence-corrected chi connectivity index (χ1v) is 13.8. The molecule has 36 heavy (non-hydrogen) atoms. The van der Waals surface area contributed by atoms with Crippen molar-refractivity contribution in [1.29, 1.82) is 0 Å². The van der Waals surface area contributed by atoms with Crippen LogP contribution in [0.5, 0.6) is 0 Å². The molecular formula is C25H32N4O5S2. The fourth-order valence-electron chi connectivity index (χ4n) is 3.71. The molecule has 0 spiro atoms. The standard InChI is InChI=1S/C25H32N4O5S2/c1-16(2)12-20(28-25(32)22-13-17-8-4-6-10-21(17)35-22)24(31)27-14-18(30)15-29(3)36(33,34)23-11-7-5-9-19(23)26/h4-11,13,16,18,20,30H,12,14-15,26H2,1-3H3,(H,27,31)(H,28,32)/t18-,20+/m1/s1. The van der Waals surface area contributed by atoms with Crippen LogP contribution in [-0.2, 0) is 14.8 Å². The highest BCUT2D eigenvalue weighted by molar-refractivity contribution is 7.89. The summed E-state index contributed by atoms with van der Waals surface area (Å²) in [5.41, 5.74) is 5.90. The Morgan fingerprint density at radius 3 is 2.44 bits per heavy atom. The Bertz CT molecular complexity index is 1290. The van der Waals surface area contributed by atoms with Gasteiger partial charge in [-0.2, -0.15) is 4.31 Å². The predicted octanol–water partition coefficient (Wildman–Crippen LogP) is 2.43. The Labute approximate surface area is 215 Å². The van der Waals surface area contributed by atoms with Gasteiger partial charge in [0, 0.05) is 24.8 Å². The number of carbonyl (C=O) groups is 2. The monoisotopic (exact) mass is 532 g/mol. The molecule has 2 amide bonds. The molecule has 3 rings (SSSR count). The number of para-hydroxylation sites is 1. The van der Waals surface area contributed by atoms with Crippen molar-refractivity contribution in [3.8, 4) is 0 Å². The van der Waals surface area contributed by atoms with Crippen molar-refractivity contribution in [2.75, 3.05) is 25.9 Å². The summed E-state index contributed by atoms with van der Waals surface area (Å²) >= 11 is 1.35. The molecular weight excluding hydrogens is 500 g/mol. The number of rotatable bonds is 11. The largest absolute Gasteiger partial charge is 0.398 e. The summed E-state index contributed by atoms with van der Waals surface area (Å²) in [5.74, 6) is -0.667. The molecule has 1 aromatic heterocycles. The molecule has 2 aromatic carbocycles. The summed E-state index contributed by atoms with van der Waals surface area (Å²) in [4.78, 5) is 26.2. The van der Waals surface area contributed by atoms with E-state index in [1.807, 2.05) is 38.1 Å². The highest BCUT2D eigenvalue weighted by Gasteiger charge is 2.27. The van der Waals surface area contributed by atoms with Gasteiger partial charge < -0.3 is 21.5 Å². The van der Waals surface area contributed by atoms with Crippen molar-refractivity contribution in [2.45, 2.75) is 37.3 Å². The maximum atomic E-state index is 12.9. The number of hydrogen-bond donors (Lipinski definition) is 4. The minimum absolute atomic E-state index is 0.0512. The van der Waals surface area contributed by atoms with Gasteiger partial charge in [0.2, 0.25) is 15.9 Å². The molecule has 0 aliphatic rings. The lowest BCUT2D eigenvalue weighted by molar-refractivity contribution is -0.123. The molecule has 1 heterocycles. The lowest BCUT2D eigenvalue weighted by Gasteiger charge is -2.23. The zero-order valence-electron chi connectivity index (χ0n) is 20.5. The van der Waals surface area contributed by atoms with Crippen LogP contribution in [0.15, 0.2) is 59.5 Å². The van der Waals surface area contributed by atoms with Crippen LogP contribution in [-0.4, -0.2) is 61.9 Å². The second-order valence-electron chi connectivity index (χ2n) is 9.03. The fraction of sp³-hybridized carbons (Fsp3) is 0.360. The van der Waals surface area contributed by atoms with Crippen LogP contribution < -0.4 is 16.4 Å². The van der Waals surface area contributed by atoms with Gasteiger partial charge in [-0.25, -0.2) is 8.42 Å². The number of nitrogens with one attached hydrogen (secondary N) is 2. The van der Waals surface area contributed by atoms with Crippen molar-refractivity contribution in [2.24, 2.45) is 5.92 Å². The van der Waals surface area contributed by atoms with E-state index in [4.69, 9.17) is 5.73 Å². The Balaban J connectivity index is 1.60. The number of aliphatic hydroxyl groups is 1. The van der Waals surface area contributed by atoms with Crippen LogP contribution in [0.2, 0.25) is 0 Å². The average Bonchev–Trinajstić information content (AvgIpc) is 3.26. The Hall–Kier alpha value is -2.99. The van der Waals surface area contributed by atoms with Crippen LogP contribution >= 0.6 is 11.3 Å². The van der Waals surface area contributed by atoms with E-state index in [1.165, 1.54) is 30.5 Å². The highest BCUT2D eigenvalue weighted by atomic mass is 32.2. The van der Waals surface area contributed by atoms with Crippen LogP contribution in [0.4, 0.5) is 5.69 Å². The van der Waals surface area contributed by atoms with Gasteiger partial charge in [-0.05, 0) is 42.0 Å². The number of thiophene rings is 1. The van der Waals surface area contributed by atoms with Gasteiger partial charge in [-0.3, -0.25) is 9.59 Å². The van der Waals surface area contributed by atoms with E-state index < -0.39 is 28.1 Å². The number of benzene rings is 2. The van der Waals surface area contributed by atoms with Gasteiger partial charge in [-0.15, -0.1) is 11.3 Å². The maximum Gasteiger partial charge on any atom is 0.262 e. The fourth-order valence-corrected chi connectivity index (χ4v) is 6.00. The van der Waals surface area contributed by atoms with E-state index in [0.29, 0.717) is 11.3 Å². The van der Waals surface area contributed by atoms with E-state index in [0.717, 1.165) is 14.4 Å². The third-order valence-electron chi connectivity index (χ3n) is 5.57. The van der Waals surface area contributed by atoms with Crippen LogP contribution in [0, 0.1) is 5.92 Å². The van der Waals surface area contributed by atoms with Gasteiger partial charge in [0.1, 0.15) is 10.9 Å². The number of nitrogens with two attached hydrogens (primary N) is 1. The highest BCUT2D eigenvalue weighted by Crippen LogP contribution is 2.25. The van der Waals surface area contributed by atoms with Crippen LogP contribution in [0.25, 0.3) is 10.1 Å². The van der Waals surface area contributed by atoms with Crippen molar-refractivity contribution in [3.63, 3.8) is 0 Å². The van der Waals surface area contributed by atoms with Crippen molar-refractivity contribution < 1.29 is 23.1 Å². The molecule has 5 N–H and O–H groups in total. The van der Waals surface area contributed by atoms with Gasteiger partial charge in [0.25, 0.3) is 5.91 Å². The second kappa shape index (κ2) is 11.8. The zero-order valence-corrected chi connectivity index (χ0v) is 22.1. The summed E-state index contributed by atoms with van der Waals surface area (Å²) in [6.45, 7) is 3.45. The first kappa shape index (κ1) is 27.6. The number of nitrogens with zero attached hydrogens (tertiary/aromatic N) is 1. The minimum Gasteiger partial charge on any atom is -0.398 e. The molecule has 0 saturated carbocycles. The molecule has 0 unspecified atom stereocenters. The molecule has 0 radical (unpaired) electrons. The topological polar surface area (TPSA) is 142 Å². The average molecular weight is 533 g/mol. The van der Waals surface area contributed by atoms with E-state index in [-0.39, 0.29) is 35.5 Å². The van der Waals surface area contributed by atoms with Gasteiger partial charge in [-0.1, -0.05) is 44.2 Å². The maximum absolute atomic E-state index is 12.9.